The molecule has 0 aliphatic rings. The Labute approximate surface area is 79.0 Å². The zero-order valence-corrected chi connectivity index (χ0v) is 9.96. The van der Waals surface area contributed by atoms with E-state index in [2.05, 4.69) is 44.2 Å². The summed E-state index contributed by atoms with van der Waals surface area (Å²) < 4.78 is 2.56. The van der Waals surface area contributed by atoms with Crippen LogP contribution < -0.4 is 8.92 Å². The van der Waals surface area contributed by atoms with Gasteiger partial charge in [0.25, 0.3) is 0 Å². The van der Waals surface area contributed by atoms with Gasteiger partial charge in [-0.3, -0.25) is 0 Å². The molecule has 0 saturated carbocycles. The Morgan fingerprint density at radius 3 is 1.40 bits per heavy atom. The van der Waals surface area contributed by atoms with E-state index in [-0.39, 0.29) is 0 Å². The monoisotopic (exact) mass is 268 g/mol. The Morgan fingerprint density at radius 2 is 1.20 bits per heavy atom. The van der Waals surface area contributed by atoms with E-state index in [1.807, 2.05) is 26.0 Å². The maximum absolute atomic E-state index is 2.53. The Morgan fingerprint density at radius 1 is 0.900 bits per heavy atom. The van der Waals surface area contributed by atoms with Crippen LogP contribution in [-0.4, -0.2) is 32.0 Å². The molecule has 56 valence electrons. The van der Waals surface area contributed by atoms with E-state index in [9.17, 15) is 0 Å². The van der Waals surface area contributed by atoms with E-state index in [1.165, 1.54) is 8.92 Å². The first kappa shape index (κ1) is 10.3. The second-order valence-electron chi connectivity index (χ2n) is 1.49. The molecule has 0 N–H and O–H groups in total. The molecule has 0 fully saturated rings. The molecule has 0 saturated heterocycles. The molecular weight excluding hydrogens is 254 g/mol. The zero-order valence-electron chi connectivity index (χ0n) is 6.20. The Bertz CT molecular complexity index is 163. The zero-order chi connectivity index (χ0) is 7.98. The second kappa shape index (κ2) is 6.00. The number of benzene rings is 1. The van der Waals surface area contributed by atoms with Crippen molar-refractivity contribution in [3.05, 3.63) is 24.3 Å². The van der Waals surface area contributed by atoms with Gasteiger partial charge >= 0.3 is 65.2 Å². The summed E-state index contributed by atoms with van der Waals surface area (Å²) in [6.07, 6.45) is 0. The Kier molecular flexibility index (Phi) is 6.16. The van der Waals surface area contributed by atoms with Crippen LogP contribution in [0.4, 0.5) is 0 Å². The van der Waals surface area contributed by atoms with Gasteiger partial charge in [-0.1, -0.05) is 13.8 Å². The first-order valence-electron chi connectivity index (χ1n) is 3.27. The van der Waals surface area contributed by atoms with Gasteiger partial charge in [-0.2, -0.15) is 0 Å². The van der Waals surface area contributed by atoms with E-state index >= 15 is 0 Å². The van der Waals surface area contributed by atoms with Gasteiger partial charge in [0.1, 0.15) is 0 Å². The molecule has 1 aromatic rings. The van der Waals surface area contributed by atoms with Crippen LogP contribution in [0.25, 0.3) is 0 Å². The van der Waals surface area contributed by atoms with Gasteiger partial charge < -0.3 is 0 Å². The summed E-state index contributed by atoms with van der Waals surface area (Å²) in [5.74, 6) is 0. The molecule has 0 aliphatic heterocycles. The number of hydrogen-bond acceptors (Lipinski definition) is 0. The average Bonchev–Trinajstić information content (AvgIpc) is 2.00. The summed E-state index contributed by atoms with van der Waals surface area (Å²) in [7, 11) is 0. The van der Waals surface area contributed by atoms with Crippen LogP contribution >= 0.6 is 0 Å². The van der Waals surface area contributed by atoms with Crippen molar-refractivity contribution in [1.82, 2.24) is 0 Å². The standard InChI is InChI=1S/C6H6Se2.C2H6/c7-5-3-1-2-4-6(5)8;1-2/h1-4,7-8H;1-2H3. The summed E-state index contributed by atoms with van der Waals surface area (Å²) in [4.78, 5) is 0. The minimum absolute atomic E-state index is 1.28. The number of rotatable bonds is 0. The van der Waals surface area contributed by atoms with Gasteiger partial charge in [-0.05, 0) is 0 Å². The van der Waals surface area contributed by atoms with Crippen LogP contribution in [0.15, 0.2) is 24.3 Å². The normalized spacial score (nSPS) is 8.00. The van der Waals surface area contributed by atoms with Crippen LogP contribution in [0.2, 0.25) is 0 Å². The van der Waals surface area contributed by atoms with Gasteiger partial charge in [0.15, 0.2) is 0 Å². The van der Waals surface area contributed by atoms with Crippen molar-refractivity contribution in [3.8, 4) is 0 Å². The third-order valence-electron chi connectivity index (χ3n) is 0.882. The van der Waals surface area contributed by atoms with E-state index in [4.69, 9.17) is 0 Å². The van der Waals surface area contributed by atoms with Gasteiger partial charge in [-0.15, -0.1) is 0 Å². The summed E-state index contributed by atoms with van der Waals surface area (Å²) in [5.41, 5.74) is 0. The first-order valence-corrected chi connectivity index (χ1v) is 5.15. The molecule has 2 heteroatoms. The molecule has 10 heavy (non-hydrogen) atoms. The van der Waals surface area contributed by atoms with Crippen molar-refractivity contribution in [1.29, 1.82) is 0 Å². The minimum atomic E-state index is 1.28. The summed E-state index contributed by atoms with van der Waals surface area (Å²) in [5, 5.41) is 0. The fraction of sp³-hybridized carbons (Fsp3) is 0.250. The molecule has 1 rings (SSSR count). The maximum atomic E-state index is 2.53. The van der Waals surface area contributed by atoms with Crippen LogP contribution in [0, 0.1) is 0 Å². The molecule has 0 radical (unpaired) electrons. The molecular formula is C8H12Se2. The predicted molar refractivity (Wildman–Crippen MR) is 51.4 cm³/mol. The molecule has 1 aromatic carbocycles. The summed E-state index contributed by atoms with van der Waals surface area (Å²) in [6, 6.07) is 8.22. The van der Waals surface area contributed by atoms with Gasteiger partial charge in [-0.25, -0.2) is 0 Å². The van der Waals surface area contributed by atoms with Crippen LogP contribution in [0.1, 0.15) is 13.8 Å². The van der Waals surface area contributed by atoms with Crippen molar-refractivity contribution < 1.29 is 0 Å². The predicted octanol–water partition coefficient (Wildman–Crippen LogP) is -0.235. The van der Waals surface area contributed by atoms with Crippen LogP contribution in [0.5, 0.6) is 0 Å². The molecule has 0 aromatic heterocycles. The molecule has 0 spiro atoms. The second-order valence-corrected chi connectivity index (χ2v) is 3.51. The molecule has 0 amide bonds. The topological polar surface area (TPSA) is 0 Å². The van der Waals surface area contributed by atoms with E-state index in [1.54, 1.807) is 0 Å². The molecule has 0 heterocycles. The molecule has 0 nitrogen and oxygen atoms in total. The van der Waals surface area contributed by atoms with Crippen molar-refractivity contribution in [2.24, 2.45) is 0 Å². The first-order chi connectivity index (χ1) is 4.80. The Hall–Kier alpha value is 0.259. The quantitative estimate of drug-likeness (QED) is 0.569. The third-order valence-corrected chi connectivity index (χ3v) is 3.35. The van der Waals surface area contributed by atoms with E-state index in [0.717, 1.165) is 0 Å². The SMILES string of the molecule is CC.[SeH]c1ccccc1[SeH]. The third kappa shape index (κ3) is 3.43. The fourth-order valence-electron chi connectivity index (χ4n) is 0.464. The molecule has 0 unspecified atom stereocenters. The van der Waals surface area contributed by atoms with Gasteiger partial charge in [0, 0.05) is 0 Å². The summed E-state index contributed by atoms with van der Waals surface area (Å²) >= 11 is 5.06. The van der Waals surface area contributed by atoms with E-state index < -0.39 is 0 Å². The Balaban J connectivity index is 0.000000371. The van der Waals surface area contributed by atoms with Gasteiger partial charge in [0.2, 0.25) is 0 Å². The fourth-order valence-corrected chi connectivity index (χ4v) is 1.14. The van der Waals surface area contributed by atoms with Crippen molar-refractivity contribution in [2.75, 3.05) is 0 Å². The van der Waals surface area contributed by atoms with Crippen LogP contribution in [0.3, 0.4) is 0 Å². The van der Waals surface area contributed by atoms with E-state index in [0.29, 0.717) is 0 Å². The van der Waals surface area contributed by atoms with Crippen molar-refractivity contribution in [2.45, 2.75) is 13.8 Å². The van der Waals surface area contributed by atoms with Crippen molar-refractivity contribution >= 4 is 40.9 Å². The molecule has 0 bridgehead atoms. The van der Waals surface area contributed by atoms with Crippen LogP contribution in [-0.2, 0) is 0 Å². The summed E-state index contributed by atoms with van der Waals surface area (Å²) in [6.45, 7) is 4.00. The average molecular weight is 266 g/mol. The van der Waals surface area contributed by atoms with Gasteiger partial charge in [0.05, 0.1) is 0 Å². The van der Waals surface area contributed by atoms with Crippen molar-refractivity contribution in [3.63, 3.8) is 0 Å². The molecule has 0 atom stereocenters. The number of hydrogen-bond donors (Lipinski definition) is 0. The molecule has 0 aliphatic carbocycles.